The number of nitrogens with two attached hydrogens (primary N) is 1. The molecule has 1 saturated heterocycles. The van der Waals surface area contributed by atoms with Gasteiger partial charge in [-0.1, -0.05) is 13.8 Å². The van der Waals surface area contributed by atoms with Gasteiger partial charge in [0, 0.05) is 30.3 Å². The maximum atomic E-state index is 11.7. The third-order valence-corrected chi connectivity index (χ3v) is 6.17. The van der Waals surface area contributed by atoms with Crippen molar-refractivity contribution in [3.05, 3.63) is 62.1 Å². The molecule has 0 bridgehead atoms. The predicted molar refractivity (Wildman–Crippen MR) is 126 cm³/mol. The van der Waals surface area contributed by atoms with Crippen molar-refractivity contribution in [3.8, 4) is 0 Å². The molecule has 4 N–H and O–H groups in total. The quantitative estimate of drug-likeness (QED) is 0.286. The van der Waals surface area contributed by atoms with Crippen molar-refractivity contribution in [1.82, 2.24) is 14.5 Å². The van der Waals surface area contributed by atoms with Crippen LogP contribution in [-0.2, 0) is 16.1 Å². The van der Waals surface area contributed by atoms with Crippen LogP contribution in [0.2, 0.25) is 0 Å². The van der Waals surface area contributed by atoms with E-state index in [1.807, 2.05) is 0 Å². The SMILES string of the molecule is CC(C)C(OCc1cn([C@H]2C[C@@H](O)[C@@H](CO)O2)c2ncnc(N)c12)c1c([N+](=O)[O-])cccc1[N+](=O)[O-]. The van der Waals surface area contributed by atoms with Crippen LogP contribution in [-0.4, -0.2) is 53.4 Å². The van der Waals surface area contributed by atoms with Crippen LogP contribution in [0.4, 0.5) is 17.2 Å². The Morgan fingerprint density at radius 1 is 1.25 bits per heavy atom. The molecule has 36 heavy (non-hydrogen) atoms. The van der Waals surface area contributed by atoms with Gasteiger partial charge in [0.25, 0.3) is 11.4 Å². The van der Waals surface area contributed by atoms with Crippen LogP contribution in [0.15, 0.2) is 30.7 Å². The number of nitro groups is 2. The van der Waals surface area contributed by atoms with Gasteiger partial charge in [0.05, 0.1) is 40.7 Å². The number of fused-ring (bicyclic) bond motifs is 1. The summed E-state index contributed by atoms with van der Waals surface area (Å²) in [5.74, 6) is -0.197. The van der Waals surface area contributed by atoms with Crippen LogP contribution >= 0.6 is 0 Å². The van der Waals surface area contributed by atoms with Gasteiger partial charge in [-0.15, -0.1) is 0 Å². The highest BCUT2D eigenvalue weighted by molar-refractivity contribution is 5.89. The van der Waals surface area contributed by atoms with Crippen LogP contribution in [0, 0.1) is 26.1 Å². The number of hydrogen-bond acceptors (Lipinski definition) is 11. The molecule has 0 spiro atoms. The Hall–Kier alpha value is -3.72. The lowest BCUT2D eigenvalue weighted by Crippen LogP contribution is -2.24. The van der Waals surface area contributed by atoms with Crippen molar-refractivity contribution >= 4 is 28.2 Å². The minimum absolute atomic E-state index is 0.119. The molecule has 1 aliphatic rings. The fourth-order valence-electron chi connectivity index (χ4n) is 4.51. The summed E-state index contributed by atoms with van der Waals surface area (Å²) >= 11 is 0. The molecule has 1 fully saturated rings. The monoisotopic (exact) mass is 502 g/mol. The zero-order valence-corrected chi connectivity index (χ0v) is 19.6. The topological polar surface area (TPSA) is 202 Å². The average molecular weight is 502 g/mol. The fraction of sp³-hybridized carbons (Fsp3) is 0.455. The van der Waals surface area contributed by atoms with Gasteiger partial charge in [0.2, 0.25) is 0 Å². The van der Waals surface area contributed by atoms with Crippen LogP contribution < -0.4 is 5.73 Å². The van der Waals surface area contributed by atoms with E-state index in [-0.39, 0.29) is 36.9 Å². The molecule has 0 amide bonds. The third kappa shape index (κ3) is 4.58. The van der Waals surface area contributed by atoms with Gasteiger partial charge in [-0.25, -0.2) is 9.97 Å². The number of benzene rings is 1. The summed E-state index contributed by atoms with van der Waals surface area (Å²) < 4.78 is 13.5. The van der Waals surface area contributed by atoms with Crippen molar-refractivity contribution in [2.45, 2.75) is 51.4 Å². The van der Waals surface area contributed by atoms with Crippen molar-refractivity contribution < 1.29 is 29.5 Å². The van der Waals surface area contributed by atoms with E-state index >= 15 is 0 Å². The number of rotatable bonds is 9. The van der Waals surface area contributed by atoms with Crippen LogP contribution in [0.1, 0.15) is 43.7 Å². The lowest BCUT2D eigenvalue weighted by molar-refractivity contribution is -0.397. The van der Waals surface area contributed by atoms with Gasteiger partial charge in [0.15, 0.2) is 0 Å². The molecule has 1 aromatic carbocycles. The summed E-state index contributed by atoms with van der Waals surface area (Å²) in [5.41, 5.74) is 6.13. The lowest BCUT2D eigenvalue weighted by atomic mass is 9.95. The smallest absolute Gasteiger partial charge is 0.282 e. The molecule has 2 aromatic heterocycles. The molecule has 4 rings (SSSR count). The predicted octanol–water partition coefficient (Wildman–Crippen LogP) is 2.38. The standard InChI is InChI=1S/C22H26N6O8/c1-11(2)20(19-13(27(31)32)4-3-5-14(19)28(33)34)35-9-12-7-26(17-6-15(30)16(8-29)36-17)22-18(12)21(23)24-10-25-22/h3-5,7,10-11,15-17,20,29-30H,6,8-9H2,1-2H3,(H2,23,24,25)/t15-,16-,17-,20?/m1/s1. The molecule has 0 radical (unpaired) electrons. The number of nitro benzene ring substituents is 2. The van der Waals surface area contributed by atoms with E-state index in [0.717, 1.165) is 0 Å². The summed E-state index contributed by atoms with van der Waals surface area (Å²) in [6.45, 7) is 3.02. The fourth-order valence-corrected chi connectivity index (χ4v) is 4.51. The third-order valence-electron chi connectivity index (χ3n) is 6.17. The number of nitrogens with zero attached hydrogens (tertiary/aromatic N) is 5. The first-order valence-electron chi connectivity index (χ1n) is 11.2. The molecular weight excluding hydrogens is 476 g/mol. The Bertz CT molecular complexity index is 1260. The Labute approximate surface area is 204 Å². The van der Waals surface area contributed by atoms with E-state index in [4.69, 9.17) is 15.2 Å². The Kier molecular flexibility index (Phi) is 7.12. The number of hydrogen-bond donors (Lipinski definition) is 3. The number of nitrogen functional groups attached to an aromatic ring is 1. The minimum atomic E-state index is -0.987. The summed E-state index contributed by atoms with van der Waals surface area (Å²) in [6, 6.07) is 3.68. The van der Waals surface area contributed by atoms with Crippen molar-refractivity contribution in [2.75, 3.05) is 12.3 Å². The summed E-state index contributed by atoms with van der Waals surface area (Å²) in [7, 11) is 0. The van der Waals surface area contributed by atoms with E-state index in [9.17, 15) is 30.4 Å². The molecule has 0 aliphatic carbocycles. The number of aliphatic hydroxyl groups is 2. The molecule has 14 heteroatoms. The zero-order chi connectivity index (χ0) is 26.1. The first kappa shape index (κ1) is 25.4. The number of ether oxygens (including phenoxy) is 2. The normalized spacial score (nSPS) is 20.8. The second-order valence-corrected chi connectivity index (χ2v) is 8.83. The number of aliphatic hydroxyl groups excluding tert-OH is 2. The van der Waals surface area contributed by atoms with Crippen LogP contribution in [0.5, 0.6) is 0 Å². The number of anilines is 1. The Balaban J connectivity index is 1.73. The zero-order valence-electron chi connectivity index (χ0n) is 19.6. The van der Waals surface area contributed by atoms with E-state index in [2.05, 4.69) is 9.97 Å². The first-order valence-corrected chi connectivity index (χ1v) is 11.2. The van der Waals surface area contributed by atoms with Gasteiger partial charge >= 0.3 is 0 Å². The summed E-state index contributed by atoms with van der Waals surface area (Å²) in [4.78, 5) is 30.4. The second kappa shape index (κ2) is 10.1. The second-order valence-electron chi connectivity index (χ2n) is 8.83. The lowest BCUT2D eigenvalue weighted by Gasteiger charge is -2.21. The molecule has 4 atom stereocenters. The average Bonchev–Trinajstić information content (AvgIpc) is 3.39. The van der Waals surface area contributed by atoms with Crippen molar-refractivity contribution in [1.29, 1.82) is 0 Å². The van der Waals surface area contributed by atoms with E-state index in [0.29, 0.717) is 16.6 Å². The Morgan fingerprint density at radius 3 is 2.47 bits per heavy atom. The van der Waals surface area contributed by atoms with Gasteiger partial charge in [-0.05, 0) is 12.0 Å². The van der Waals surface area contributed by atoms with Crippen LogP contribution in [0.3, 0.4) is 0 Å². The minimum Gasteiger partial charge on any atom is -0.394 e. The van der Waals surface area contributed by atoms with E-state index in [1.165, 1.54) is 24.5 Å². The number of aromatic nitrogens is 3. The molecule has 3 heterocycles. The van der Waals surface area contributed by atoms with Gasteiger partial charge < -0.3 is 30.0 Å². The van der Waals surface area contributed by atoms with Crippen molar-refractivity contribution in [2.24, 2.45) is 5.92 Å². The van der Waals surface area contributed by atoms with Gasteiger partial charge in [-0.2, -0.15) is 0 Å². The van der Waals surface area contributed by atoms with Crippen LogP contribution in [0.25, 0.3) is 11.0 Å². The summed E-state index contributed by atoms with van der Waals surface area (Å²) in [5, 5.41) is 43.4. The molecule has 192 valence electrons. The highest BCUT2D eigenvalue weighted by Crippen LogP contribution is 2.41. The maximum Gasteiger partial charge on any atom is 0.282 e. The van der Waals surface area contributed by atoms with Gasteiger partial charge in [-0.3, -0.25) is 20.2 Å². The molecule has 1 unspecified atom stereocenters. The molecule has 14 nitrogen and oxygen atoms in total. The molecule has 1 aliphatic heterocycles. The van der Waals surface area contributed by atoms with E-state index in [1.54, 1.807) is 24.6 Å². The molecule has 0 saturated carbocycles. The first-order chi connectivity index (χ1) is 17.1. The molecular formula is C22H26N6O8. The highest BCUT2D eigenvalue weighted by atomic mass is 16.6. The van der Waals surface area contributed by atoms with E-state index < -0.39 is 45.8 Å². The van der Waals surface area contributed by atoms with Gasteiger partial charge in [0.1, 0.15) is 35.7 Å². The largest absolute Gasteiger partial charge is 0.394 e. The molecule has 3 aromatic rings. The summed E-state index contributed by atoms with van der Waals surface area (Å²) in [6.07, 6.45) is -0.105. The van der Waals surface area contributed by atoms with Crippen molar-refractivity contribution in [3.63, 3.8) is 0 Å². The Morgan fingerprint density at radius 2 is 1.92 bits per heavy atom. The highest BCUT2D eigenvalue weighted by Gasteiger charge is 2.37. The maximum absolute atomic E-state index is 11.7.